The van der Waals surface area contributed by atoms with E-state index in [2.05, 4.69) is 0 Å². The second-order valence-electron chi connectivity index (χ2n) is 6.20. The van der Waals surface area contributed by atoms with Gasteiger partial charge in [-0.3, -0.25) is 4.79 Å². The first-order chi connectivity index (χ1) is 14.5. The summed E-state index contributed by atoms with van der Waals surface area (Å²) in [7, 11) is 2.98. The summed E-state index contributed by atoms with van der Waals surface area (Å²) in [6.45, 7) is 0. The molecule has 0 aromatic heterocycles. The quantitative estimate of drug-likeness (QED) is 0.240. The molecule has 0 unspecified atom stereocenters. The van der Waals surface area contributed by atoms with Crippen LogP contribution in [-0.4, -0.2) is 26.0 Å². The second-order valence-corrected chi connectivity index (χ2v) is 6.20. The Morgan fingerprint density at radius 3 is 2.17 bits per heavy atom. The van der Waals surface area contributed by atoms with Crippen molar-refractivity contribution in [1.82, 2.24) is 0 Å². The molecule has 0 saturated heterocycles. The number of benzene rings is 3. The highest BCUT2D eigenvalue weighted by atomic mass is 19.1. The van der Waals surface area contributed by atoms with Crippen LogP contribution in [0.2, 0.25) is 0 Å². The van der Waals surface area contributed by atoms with Crippen molar-refractivity contribution in [2.24, 2.45) is 0 Å². The normalized spacial score (nSPS) is 10.6. The summed E-state index contributed by atoms with van der Waals surface area (Å²) < 4.78 is 29.3. The fourth-order valence-electron chi connectivity index (χ4n) is 2.69. The van der Waals surface area contributed by atoms with Crippen molar-refractivity contribution in [3.8, 4) is 17.2 Å². The summed E-state index contributed by atoms with van der Waals surface area (Å²) in [5, 5.41) is 0. The molecule has 0 bridgehead atoms. The van der Waals surface area contributed by atoms with Crippen molar-refractivity contribution in [2.75, 3.05) is 14.2 Å². The van der Waals surface area contributed by atoms with Gasteiger partial charge in [0, 0.05) is 11.1 Å². The lowest BCUT2D eigenvalue weighted by molar-refractivity contribution is 0.0734. The van der Waals surface area contributed by atoms with Crippen molar-refractivity contribution in [3.05, 3.63) is 95.3 Å². The highest BCUT2D eigenvalue weighted by Crippen LogP contribution is 2.28. The van der Waals surface area contributed by atoms with E-state index in [9.17, 15) is 14.0 Å². The Morgan fingerprint density at radius 1 is 0.833 bits per heavy atom. The minimum atomic E-state index is -0.575. The number of ketones is 1. The topological polar surface area (TPSA) is 61.8 Å². The van der Waals surface area contributed by atoms with Gasteiger partial charge in [-0.25, -0.2) is 9.18 Å². The zero-order chi connectivity index (χ0) is 21.5. The number of methoxy groups -OCH3 is 2. The van der Waals surface area contributed by atoms with Crippen LogP contribution in [0.3, 0.4) is 0 Å². The monoisotopic (exact) mass is 406 g/mol. The molecule has 3 rings (SSSR count). The van der Waals surface area contributed by atoms with Crippen molar-refractivity contribution in [3.63, 3.8) is 0 Å². The number of halogens is 1. The predicted octanol–water partition coefficient (Wildman–Crippen LogP) is 4.96. The summed E-state index contributed by atoms with van der Waals surface area (Å²) >= 11 is 0. The van der Waals surface area contributed by atoms with Crippen LogP contribution in [0.15, 0.2) is 72.8 Å². The van der Waals surface area contributed by atoms with Crippen LogP contribution < -0.4 is 14.2 Å². The highest BCUT2D eigenvalue weighted by molar-refractivity contribution is 6.06. The minimum absolute atomic E-state index is 0.282. The molecule has 0 aliphatic carbocycles. The maximum absolute atomic E-state index is 13.6. The van der Waals surface area contributed by atoms with Gasteiger partial charge in [0.05, 0.1) is 19.8 Å². The van der Waals surface area contributed by atoms with Crippen LogP contribution in [0, 0.1) is 5.82 Å². The predicted molar refractivity (Wildman–Crippen MR) is 111 cm³/mol. The Labute approximate surface area is 173 Å². The third kappa shape index (κ3) is 4.91. The molecule has 0 aliphatic heterocycles. The number of esters is 1. The summed E-state index contributed by atoms with van der Waals surface area (Å²) in [5.74, 6) is -0.0798. The molecule has 0 N–H and O–H groups in total. The number of carbonyl (C=O) groups excluding carboxylic acids is 2. The van der Waals surface area contributed by atoms with Gasteiger partial charge in [-0.05, 0) is 60.7 Å². The number of hydrogen-bond donors (Lipinski definition) is 0. The van der Waals surface area contributed by atoms with Crippen LogP contribution in [0.5, 0.6) is 17.2 Å². The molecule has 0 radical (unpaired) electrons. The van der Waals surface area contributed by atoms with Crippen molar-refractivity contribution in [2.45, 2.75) is 0 Å². The van der Waals surface area contributed by atoms with E-state index < -0.39 is 11.8 Å². The molecule has 0 heterocycles. The Morgan fingerprint density at radius 2 is 1.50 bits per heavy atom. The molecule has 6 heteroatoms. The first-order valence-electron chi connectivity index (χ1n) is 9.03. The number of ether oxygens (including phenoxy) is 3. The summed E-state index contributed by atoms with van der Waals surface area (Å²) in [5.41, 5.74) is 1.00. The maximum Gasteiger partial charge on any atom is 0.343 e. The largest absolute Gasteiger partial charge is 0.493 e. The van der Waals surface area contributed by atoms with E-state index in [4.69, 9.17) is 14.2 Å². The SMILES string of the molecule is COc1ccc(C(=O)Oc2ccc(C(=O)/C=C/c3ccccc3F)cc2)cc1OC. The van der Waals surface area contributed by atoms with E-state index in [0.717, 1.165) is 0 Å². The van der Waals surface area contributed by atoms with Gasteiger partial charge in [0.25, 0.3) is 0 Å². The molecule has 3 aromatic rings. The van der Waals surface area contributed by atoms with Crippen molar-refractivity contribution in [1.29, 1.82) is 0 Å². The lowest BCUT2D eigenvalue weighted by atomic mass is 10.1. The molecule has 5 nitrogen and oxygen atoms in total. The van der Waals surface area contributed by atoms with Crippen LogP contribution >= 0.6 is 0 Å². The molecule has 30 heavy (non-hydrogen) atoms. The molecule has 0 fully saturated rings. The molecule has 0 saturated carbocycles. The Bertz CT molecular complexity index is 1090. The third-order valence-electron chi connectivity index (χ3n) is 4.29. The number of allylic oxidation sites excluding steroid dienone is 1. The summed E-state index contributed by atoms with van der Waals surface area (Å²) in [6, 6.07) is 17.0. The van der Waals surface area contributed by atoms with E-state index >= 15 is 0 Å². The highest BCUT2D eigenvalue weighted by Gasteiger charge is 2.13. The van der Waals surface area contributed by atoms with Gasteiger partial charge in [0.2, 0.25) is 0 Å². The molecule has 0 spiro atoms. The lowest BCUT2D eigenvalue weighted by Gasteiger charge is -2.09. The Hall–Kier alpha value is -3.93. The molecular weight excluding hydrogens is 387 g/mol. The number of hydrogen-bond acceptors (Lipinski definition) is 5. The molecule has 0 amide bonds. The molecule has 0 atom stereocenters. The molecular formula is C24H19FO5. The zero-order valence-corrected chi connectivity index (χ0v) is 16.4. The average Bonchev–Trinajstić information content (AvgIpc) is 2.78. The van der Waals surface area contributed by atoms with E-state index in [-0.39, 0.29) is 11.5 Å². The fraction of sp³-hybridized carbons (Fsp3) is 0.0833. The lowest BCUT2D eigenvalue weighted by Crippen LogP contribution is -2.09. The Kier molecular flexibility index (Phi) is 6.60. The molecule has 152 valence electrons. The number of rotatable bonds is 7. The van der Waals surface area contributed by atoms with Gasteiger partial charge < -0.3 is 14.2 Å². The maximum atomic E-state index is 13.6. The van der Waals surface area contributed by atoms with Crippen LogP contribution in [0.25, 0.3) is 6.08 Å². The van der Waals surface area contributed by atoms with Gasteiger partial charge in [0.1, 0.15) is 11.6 Å². The van der Waals surface area contributed by atoms with Gasteiger partial charge in [-0.2, -0.15) is 0 Å². The van der Waals surface area contributed by atoms with Gasteiger partial charge >= 0.3 is 5.97 Å². The van der Waals surface area contributed by atoms with Crippen LogP contribution in [-0.2, 0) is 0 Å². The van der Waals surface area contributed by atoms with Crippen molar-refractivity contribution < 1.29 is 28.2 Å². The second kappa shape index (κ2) is 9.52. The first kappa shape index (κ1) is 20.8. The van der Waals surface area contributed by atoms with E-state index in [0.29, 0.717) is 28.2 Å². The van der Waals surface area contributed by atoms with Crippen LogP contribution in [0.4, 0.5) is 4.39 Å². The average molecular weight is 406 g/mol. The zero-order valence-electron chi connectivity index (χ0n) is 16.4. The summed E-state index contributed by atoms with van der Waals surface area (Å²) in [6.07, 6.45) is 2.71. The fourth-order valence-corrected chi connectivity index (χ4v) is 2.69. The van der Waals surface area contributed by atoms with Gasteiger partial charge in [-0.15, -0.1) is 0 Å². The van der Waals surface area contributed by atoms with Gasteiger partial charge in [-0.1, -0.05) is 18.2 Å². The Balaban J connectivity index is 1.67. The van der Waals surface area contributed by atoms with Crippen molar-refractivity contribution >= 4 is 17.8 Å². The third-order valence-corrected chi connectivity index (χ3v) is 4.29. The van der Waals surface area contributed by atoms with Crippen LogP contribution in [0.1, 0.15) is 26.3 Å². The number of carbonyl (C=O) groups is 2. The smallest absolute Gasteiger partial charge is 0.343 e. The van der Waals surface area contributed by atoms with E-state index in [1.54, 1.807) is 30.3 Å². The summed E-state index contributed by atoms with van der Waals surface area (Å²) in [4.78, 5) is 24.6. The van der Waals surface area contributed by atoms with E-state index in [1.807, 2.05) is 0 Å². The minimum Gasteiger partial charge on any atom is -0.493 e. The van der Waals surface area contributed by atoms with E-state index in [1.165, 1.54) is 62.8 Å². The molecule has 3 aromatic carbocycles. The standard InChI is InChI=1S/C24H19FO5/c1-28-22-14-10-18(15-23(22)29-2)24(27)30-19-11-7-17(8-12-19)21(26)13-9-16-5-3-4-6-20(16)25/h3-15H,1-2H3/b13-9+. The van der Waals surface area contributed by atoms with Gasteiger partial charge in [0.15, 0.2) is 17.3 Å². The first-order valence-corrected chi connectivity index (χ1v) is 9.03. The molecule has 0 aliphatic rings.